The molecule has 2 aromatic carbocycles. The molecule has 1 amide bonds. The molecule has 6 nitrogen and oxygen atoms in total. The molecule has 0 spiro atoms. The van der Waals surface area contributed by atoms with E-state index in [0.29, 0.717) is 17.9 Å². The molecule has 0 radical (unpaired) electrons. The van der Waals surface area contributed by atoms with Crippen molar-refractivity contribution in [2.24, 2.45) is 0 Å². The predicted molar refractivity (Wildman–Crippen MR) is 113 cm³/mol. The third kappa shape index (κ3) is 4.17. The van der Waals surface area contributed by atoms with Gasteiger partial charge < -0.3 is 10.6 Å². The first-order chi connectivity index (χ1) is 14.1. The van der Waals surface area contributed by atoms with E-state index in [1.54, 1.807) is 29.5 Å². The quantitative estimate of drug-likeness (QED) is 0.508. The van der Waals surface area contributed by atoms with Crippen molar-refractivity contribution in [3.63, 3.8) is 0 Å². The van der Waals surface area contributed by atoms with Gasteiger partial charge in [-0.25, -0.2) is 9.18 Å². The Morgan fingerprint density at radius 1 is 1.07 bits per heavy atom. The molecule has 2 heterocycles. The number of rotatable bonds is 6. The third-order valence-corrected chi connectivity index (χ3v) is 5.22. The maximum atomic E-state index is 13.8. The highest BCUT2D eigenvalue weighted by molar-refractivity contribution is 7.09. The first-order valence-corrected chi connectivity index (χ1v) is 9.80. The van der Waals surface area contributed by atoms with Gasteiger partial charge in [-0.15, -0.1) is 11.3 Å². The normalized spacial score (nSPS) is 10.8. The maximum absolute atomic E-state index is 13.8. The zero-order valence-electron chi connectivity index (χ0n) is 15.3. The number of para-hydroxylation sites is 2. The van der Waals surface area contributed by atoms with Crippen LogP contribution in [0, 0.1) is 5.82 Å². The molecule has 0 bridgehead atoms. The van der Waals surface area contributed by atoms with Crippen LogP contribution in [0.3, 0.4) is 0 Å². The lowest BCUT2D eigenvalue weighted by Gasteiger charge is -2.13. The van der Waals surface area contributed by atoms with Gasteiger partial charge in [0.2, 0.25) is 5.91 Å². The van der Waals surface area contributed by atoms with Crippen LogP contribution in [-0.2, 0) is 17.9 Å². The van der Waals surface area contributed by atoms with Gasteiger partial charge in [0.25, 0.3) is 0 Å². The minimum absolute atomic E-state index is 0.0667. The largest absolute Gasteiger partial charge is 0.364 e. The minimum atomic E-state index is -0.555. The number of benzene rings is 2. The standard InChI is InChI=1S/C21H17FN4O2S/c22-16-8-2-3-9-17(16)24-19(27)13-26-18-10-4-1-7-15(18)20(25-21(26)28)23-12-14-6-5-11-29-14/h1-11H,12-13H2,(H,24,27)(H,23,25,28). The molecule has 0 saturated carbocycles. The van der Waals surface area contributed by atoms with Crippen molar-refractivity contribution >= 4 is 39.7 Å². The van der Waals surface area contributed by atoms with Crippen LogP contribution in [-0.4, -0.2) is 15.5 Å². The molecule has 4 rings (SSSR count). The van der Waals surface area contributed by atoms with E-state index in [9.17, 15) is 14.0 Å². The number of carbonyl (C=O) groups is 1. The molecule has 0 fully saturated rings. The minimum Gasteiger partial charge on any atom is -0.364 e. The molecule has 2 aromatic heterocycles. The highest BCUT2D eigenvalue weighted by Crippen LogP contribution is 2.21. The average molecular weight is 408 g/mol. The van der Waals surface area contributed by atoms with Gasteiger partial charge in [-0.2, -0.15) is 4.98 Å². The number of nitrogens with zero attached hydrogens (tertiary/aromatic N) is 2. The Morgan fingerprint density at radius 2 is 1.86 bits per heavy atom. The van der Waals surface area contributed by atoms with E-state index in [1.807, 2.05) is 29.6 Å². The zero-order valence-corrected chi connectivity index (χ0v) is 16.1. The van der Waals surface area contributed by atoms with Crippen LogP contribution in [0.2, 0.25) is 0 Å². The second-order valence-corrected chi connectivity index (χ2v) is 7.34. The average Bonchev–Trinajstić information content (AvgIpc) is 3.24. The van der Waals surface area contributed by atoms with E-state index >= 15 is 0 Å². The van der Waals surface area contributed by atoms with Crippen molar-refractivity contribution < 1.29 is 9.18 Å². The van der Waals surface area contributed by atoms with Crippen LogP contribution in [0.15, 0.2) is 70.8 Å². The first kappa shape index (κ1) is 18.8. The van der Waals surface area contributed by atoms with E-state index in [0.717, 1.165) is 10.3 Å². The summed E-state index contributed by atoms with van der Waals surface area (Å²) in [6.07, 6.45) is 0. The lowest BCUT2D eigenvalue weighted by Crippen LogP contribution is -2.30. The van der Waals surface area contributed by atoms with Crippen LogP contribution in [0.25, 0.3) is 10.9 Å². The van der Waals surface area contributed by atoms with Gasteiger partial charge in [-0.05, 0) is 35.7 Å². The Bertz CT molecular complexity index is 1220. The topological polar surface area (TPSA) is 76.0 Å². The number of aromatic nitrogens is 2. The van der Waals surface area contributed by atoms with E-state index in [-0.39, 0.29) is 12.2 Å². The maximum Gasteiger partial charge on any atom is 0.350 e. The summed E-state index contributed by atoms with van der Waals surface area (Å²) in [5, 5.41) is 8.39. The number of anilines is 2. The molecule has 4 aromatic rings. The highest BCUT2D eigenvalue weighted by atomic mass is 32.1. The van der Waals surface area contributed by atoms with Gasteiger partial charge in [-0.1, -0.05) is 30.3 Å². The van der Waals surface area contributed by atoms with Crippen LogP contribution in [0.1, 0.15) is 4.88 Å². The number of fused-ring (bicyclic) bond motifs is 1. The van der Waals surface area contributed by atoms with Crippen molar-refractivity contribution in [2.75, 3.05) is 10.6 Å². The molecular weight excluding hydrogens is 391 g/mol. The number of hydrogen-bond acceptors (Lipinski definition) is 5. The van der Waals surface area contributed by atoms with Crippen LogP contribution < -0.4 is 16.3 Å². The van der Waals surface area contributed by atoms with E-state index < -0.39 is 17.4 Å². The smallest absolute Gasteiger partial charge is 0.350 e. The molecule has 146 valence electrons. The van der Waals surface area contributed by atoms with E-state index in [2.05, 4.69) is 15.6 Å². The molecule has 0 saturated heterocycles. The van der Waals surface area contributed by atoms with Crippen LogP contribution >= 0.6 is 11.3 Å². The fourth-order valence-corrected chi connectivity index (χ4v) is 3.64. The van der Waals surface area contributed by atoms with Gasteiger partial charge in [0, 0.05) is 10.3 Å². The lowest BCUT2D eigenvalue weighted by atomic mass is 10.2. The Morgan fingerprint density at radius 3 is 2.66 bits per heavy atom. The van der Waals surface area contributed by atoms with Crippen molar-refractivity contribution in [3.05, 3.63) is 87.2 Å². The number of thiophene rings is 1. The molecule has 0 atom stereocenters. The number of halogens is 1. The molecule has 29 heavy (non-hydrogen) atoms. The summed E-state index contributed by atoms with van der Waals surface area (Å²) < 4.78 is 15.1. The first-order valence-electron chi connectivity index (χ1n) is 8.92. The second kappa shape index (κ2) is 8.24. The van der Waals surface area contributed by atoms with Crippen molar-refractivity contribution in [1.29, 1.82) is 0 Å². The number of hydrogen-bond donors (Lipinski definition) is 2. The fraction of sp³-hybridized carbons (Fsp3) is 0.0952. The molecule has 0 aliphatic heterocycles. The summed E-state index contributed by atoms with van der Waals surface area (Å²) in [6.45, 7) is 0.276. The lowest BCUT2D eigenvalue weighted by molar-refractivity contribution is -0.116. The molecule has 8 heteroatoms. The molecule has 0 aliphatic rings. The van der Waals surface area contributed by atoms with Crippen molar-refractivity contribution in [3.8, 4) is 0 Å². The summed E-state index contributed by atoms with van der Waals surface area (Å²) in [5.74, 6) is -0.586. The molecule has 0 aliphatic carbocycles. The summed E-state index contributed by atoms with van der Waals surface area (Å²) in [4.78, 5) is 30.3. The van der Waals surface area contributed by atoms with E-state index in [1.165, 1.54) is 22.8 Å². The summed E-state index contributed by atoms with van der Waals surface area (Å²) >= 11 is 1.61. The van der Waals surface area contributed by atoms with Crippen molar-refractivity contribution in [2.45, 2.75) is 13.1 Å². The predicted octanol–water partition coefficient (Wildman–Crippen LogP) is 3.85. The SMILES string of the molecule is O=C(Cn1c(=O)nc(NCc2cccs2)c2ccccc21)Nc1ccccc1F. The molecule has 0 unspecified atom stereocenters. The van der Waals surface area contributed by atoms with Gasteiger partial charge in [0.05, 0.1) is 17.7 Å². The van der Waals surface area contributed by atoms with Gasteiger partial charge in [0.15, 0.2) is 0 Å². The summed E-state index contributed by atoms with van der Waals surface area (Å²) in [7, 11) is 0. The van der Waals surface area contributed by atoms with Crippen molar-refractivity contribution in [1.82, 2.24) is 9.55 Å². The number of nitrogens with one attached hydrogen (secondary N) is 2. The van der Waals surface area contributed by atoms with E-state index in [4.69, 9.17) is 0 Å². The van der Waals surface area contributed by atoms with Gasteiger partial charge in [-0.3, -0.25) is 9.36 Å². The van der Waals surface area contributed by atoms with Gasteiger partial charge in [0.1, 0.15) is 18.2 Å². The number of carbonyl (C=O) groups excluding carboxylic acids is 1. The molecular formula is C21H17FN4O2S. The summed E-state index contributed by atoms with van der Waals surface area (Å²) in [6, 6.07) is 17.1. The highest BCUT2D eigenvalue weighted by Gasteiger charge is 2.14. The Labute approximate surface area is 169 Å². The van der Waals surface area contributed by atoms with Gasteiger partial charge >= 0.3 is 5.69 Å². The van der Waals surface area contributed by atoms with Crippen LogP contribution in [0.5, 0.6) is 0 Å². The third-order valence-electron chi connectivity index (χ3n) is 4.35. The Hall–Kier alpha value is -3.52. The number of amides is 1. The van der Waals surface area contributed by atoms with Crippen LogP contribution in [0.4, 0.5) is 15.9 Å². The monoisotopic (exact) mass is 408 g/mol. The fourth-order valence-electron chi connectivity index (χ4n) is 3.00. The zero-order chi connectivity index (χ0) is 20.2. The Balaban J connectivity index is 1.62. The second-order valence-electron chi connectivity index (χ2n) is 6.31. The summed E-state index contributed by atoms with van der Waals surface area (Å²) in [5.41, 5.74) is 0.0861. The molecule has 2 N–H and O–H groups in total. The Kier molecular flexibility index (Phi) is 5.35.